The molecule has 0 saturated heterocycles. The predicted octanol–water partition coefficient (Wildman–Crippen LogP) is 5.15. The first kappa shape index (κ1) is 27.7. The van der Waals surface area contributed by atoms with Gasteiger partial charge in [0.1, 0.15) is 0 Å². The lowest BCUT2D eigenvalue weighted by Gasteiger charge is -2.33. The molecule has 1 unspecified atom stereocenters. The van der Waals surface area contributed by atoms with Crippen molar-refractivity contribution in [3.63, 3.8) is 0 Å². The molecule has 2 aromatic carbocycles. The minimum atomic E-state index is -0.276. The third-order valence-corrected chi connectivity index (χ3v) is 6.22. The second-order valence-electron chi connectivity index (χ2n) is 8.55. The minimum absolute atomic E-state index is 0.110. The maximum Gasteiger partial charge on any atom is 0.319 e. The van der Waals surface area contributed by atoms with E-state index in [1.807, 2.05) is 24.3 Å². The lowest BCUT2D eigenvalue weighted by Crippen LogP contribution is -2.32. The van der Waals surface area contributed by atoms with Crippen LogP contribution in [0.25, 0.3) is 0 Å². The monoisotopic (exact) mass is 523 g/mol. The van der Waals surface area contributed by atoms with Crippen molar-refractivity contribution >= 4 is 34.9 Å². The van der Waals surface area contributed by atoms with Gasteiger partial charge in [0, 0.05) is 47.9 Å². The number of likely N-dealkylation sites (N-methyl/N-ethyl adjacent to an activating group) is 1. The summed E-state index contributed by atoms with van der Waals surface area (Å²) < 4.78 is 16.3. The fourth-order valence-electron chi connectivity index (χ4n) is 4.06. The van der Waals surface area contributed by atoms with Gasteiger partial charge in [-0.2, -0.15) is 0 Å². The molecule has 0 radical (unpaired) electrons. The van der Waals surface area contributed by atoms with Crippen LogP contribution in [0.4, 0.5) is 10.5 Å². The number of carbonyl (C=O) groups is 1. The van der Waals surface area contributed by atoms with Crippen LogP contribution in [-0.4, -0.2) is 70.7 Å². The van der Waals surface area contributed by atoms with Crippen LogP contribution in [0, 0.1) is 0 Å². The van der Waals surface area contributed by atoms with Crippen LogP contribution in [0.3, 0.4) is 0 Å². The van der Waals surface area contributed by atoms with Gasteiger partial charge in [-0.1, -0.05) is 42.3 Å². The Labute approximate surface area is 218 Å². The number of halogens is 2. The number of carbonyl (C=O) groups excluding carboxylic acids is 1. The first-order valence-corrected chi connectivity index (χ1v) is 12.8. The van der Waals surface area contributed by atoms with E-state index in [1.165, 1.54) is 0 Å². The Morgan fingerprint density at radius 3 is 2.49 bits per heavy atom. The molecule has 3 rings (SSSR count). The van der Waals surface area contributed by atoms with Crippen LogP contribution >= 0.6 is 23.2 Å². The van der Waals surface area contributed by atoms with Crippen molar-refractivity contribution in [3.8, 4) is 0 Å². The Balaban J connectivity index is 1.44. The van der Waals surface area contributed by atoms with Gasteiger partial charge in [-0.3, -0.25) is 0 Å². The van der Waals surface area contributed by atoms with Crippen LogP contribution in [0.2, 0.25) is 10.0 Å². The van der Waals surface area contributed by atoms with Gasteiger partial charge >= 0.3 is 6.03 Å². The van der Waals surface area contributed by atoms with Gasteiger partial charge in [-0.05, 0) is 54.4 Å². The summed E-state index contributed by atoms with van der Waals surface area (Å²) in [5.41, 5.74) is 4.05. The molecule has 7 nitrogen and oxygen atoms in total. The highest BCUT2D eigenvalue weighted by molar-refractivity contribution is 6.35. The number of anilines is 1. The average molecular weight is 524 g/mol. The van der Waals surface area contributed by atoms with Crippen LogP contribution in [-0.2, 0) is 20.8 Å². The van der Waals surface area contributed by atoms with Crippen molar-refractivity contribution in [2.24, 2.45) is 0 Å². The molecule has 0 saturated carbocycles. The third-order valence-electron chi connectivity index (χ3n) is 5.66. The smallest absolute Gasteiger partial charge is 0.319 e. The molecule has 0 aliphatic carbocycles. The zero-order valence-corrected chi connectivity index (χ0v) is 22.0. The lowest BCUT2D eigenvalue weighted by molar-refractivity contribution is 0.0155. The Hall–Kier alpha value is -1.87. The maximum atomic E-state index is 12.3. The second-order valence-corrected chi connectivity index (χ2v) is 9.39. The van der Waals surface area contributed by atoms with Crippen LogP contribution in [0.15, 0.2) is 36.4 Å². The molecule has 1 aliphatic heterocycles. The molecular weight excluding hydrogens is 489 g/mol. The molecule has 0 bridgehead atoms. The van der Waals surface area contributed by atoms with Crippen molar-refractivity contribution in [2.45, 2.75) is 25.8 Å². The third kappa shape index (κ3) is 8.94. The second kappa shape index (κ2) is 14.6. The molecule has 1 aliphatic rings. The number of hydrogen-bond acceptors (Lipinski definition) is 5. The van der Waals surface area contributed by atoms with E-state index in [0.29, 0.717) is 49.6 Å². The zero-order valence-electron chi connectivity index (χ0n) is 20.4. The van der Waals surface area contributed by atoms with E-state index in [1.54, 1.807) is 6.07 Å². The van der Waals surface area contributed by atoms with Crippen molar-refractivity contribution in [2.75, 3.05) is 65.1 Å². The Kier molecular flexibility index (Phi) is 11.6. The molecule has 2 amide bonds. The number of fused-ring (bicyclic) bond motifs is 1. The summed E-state index contributed by atoms with van der Waals surface area (Å²) in [7, 11) is 2.08. The minimum Gasteiger partial charge on any atom is -0.379 e. The van der Waals surface area contributed by atoms with Crippen molar-refractivity contribution in [1.29, 1.82) is 0 Å². The van der Waals surface area contributed by atoms with Crippen LogP contribution < -0.4 is 10.6 Å². The number of ether oxygens (including phenoxy) is 3. The zero-order chi connectivity index (χ0) is 25.0. The topological polar surface area (TPSA) is 72.1 Å². The molecule has 9 heteroatoms. The highest BCUT2D eigenvalue weighted by Crippen LogP contribution is 2.38. The molecule has 1 atom stereocenters. The van der Waals surface area contributed by atoms with E-state index in [-0.39, 0.29) is 11.9 Å². The summed E-state index contributed by atoms with van der Waals surface area (Å²) in [6, 6.07) is 11.4. The molecule has 2 N–H and O–H groups in total. The molecule has 0 aromatic heterocycles. The van der Waals surface area contributed by atoms with E-state index in [4.69, 9.17) is 37.4 Å². The van der Waals surface area contributed by atoms with E-state index in [9.17, 15) is 4.79 Å². The Morgan fingerprint density at radius 1 is 1.03 bits per heavy atom. The van der Waals surface area contributed by atoms with Gasteiger partial charge in [0.15, 0.2) is 0 Å². The first-order chi connectivity index (χ1) is 17.0. The summed E-state index contributed by atoms with van der Waals surface area (Å²) >= 11 is 12.8. The predicted molar refractivity (Wildman–Crippen MR) is 141 cm³/mol. The van der Waals surface area contributed by atoms with Gasteiger partial charge in [-0.25, -0.2) is 4.79 Å². The number of hydrogen-bond donors (Lipinski definition) is 2. The van der Waals surface area contributed by atoms with E-state index >= 15 is 0 Å². The number of nitrogens with zero attached hydrogens (tertiary/aromatic N) is 1. The van der Waals surface area contributed by atoms with Gasteiger partial charge in [0.05, 0.1) is 33.0 Å². The molecular formula is C26H35Cl2N3O4. The average Bonchev–Trinajstić information content (AvgIpc) is 2.83. The van der Waals surface area contributed by atoms with Crippen LogP contribution in [0.5, 0.6) is 0 Å². The number of rotatable bonds is 13. The Morgan fingerprint density at radius 2 is 1.74 bits per heavy atom. The standard InChI is InChI=1S/C26H35Cl2N3O4/c1-3-8-33-10-12-35-13-11-34-9-7-29-26(32)30-21-6-4-5-19(14-21)23-17-31(2)18-24-22(23)15-20(27)16-25(24)28/h4-6,14-16,23H,3,7-13,17-18H2,1-2H3,(H2,29,30,32). The highest BCUT2D eigenvalue weighted by atomic mass is 35.5. The highest BCUT2D eigenvalue weighted by Gasteiger charge is 2.27. The number of amides is 2. The number of urea groups is 1. The largest absolute Gasteiger partial charge is 0.379 e. The van der Waals surface area contributed by atoms with Gasteiger partial charge in [-0.15, -0.1) is 0 Å². The fourth-order valence-corrected chi connectivity index (χ4v) is 4.63. The van der Waals surface area contributed by atoms with Gasteiger partial charge in [0.25, 0.3) is 0 Å². The number of benzene rings is 2. The lowest BCUT2D eigenvalue weighted by atomic mass is 9.84. The summed E-state index contributed by atoms with van der Waals surface area (Å²) in [5.74, 6) is 0.110. The summed E-state index contributed by atoms with van der Waals surface area (Å²) in [6.07, 6.45) is 1.01. The SMILES string of the molecule is CCCOCCOCCOCCNC(=O)Nc1cccc(C2CN(C)Cc3c(Cl)cc(Cl)cc32)c1. The van der Waals surface area contributed by atoms with E-state index in [0.717, 1.165) is 48.5 Å². The van der Waals surface area contributed by atoms with Crippen LogP contribution in [0.1, 0.15) is 36.0 Å². The van der Waals surface area contributed by atoms with Crippen molar-refractivity contribution in [1.82, 2.24) is 10.2 Å². The van der Waals surface area contributed by atoms with E-state index in [2.05, 4.69) is 35.6 Å². The van der Waals surface area contributed by atoms with Crippen molar-refractivity contribution < 1.29 is 19.0 Å². The summed E-state index contributed by atoms with van der Waals surface area (Å²) in [4.78, 5) is 14.6. The molecule has 0 spiro atoms. The van der Waals surface area contributed by atoms with Gasteiger partial charge in [0.2, 0.25) is 0 Å². The summed E-state index contributed by atoms with van der Waals surface area (Å²) in [6.45, 7) is 7.41. The first-order valence-electron chi connectivity index (χ1n) is 12.0. The fraction of sp³-hybridized carbons (Fsp3) is 0.500. The van der Waals surface area contributed by atoms with E-state index < -0.39 is 0 Å². The number of nitrogens with one attached hydrogen (secondary N) is 2. The summed E-state index contributed by atoms with van der Waals surface area (Å²) in [5, 5.41) is 7.04. The molecule has 0 fully saturated rings. The maximum absolute atomic E-state index is 12.3. The molecule has 192 valence electrons. The molecule has 35 heavy (non-hydrogen) atoms. The van der Waals surface area contributed by atoms with Gasteiger partial charge < -0.3 is 29.7 Å². The van der Waals surface area contributed by atoms with Crippen molar-refractivity contribution in [3.05, 3.63) is 63.1 Å². The molecule has 1 heterocycles. The quantitative estimate of drug-likeness (QED) is 0.355. The normalized spacial score (nSPS) is 15.6. The Bertz CT molecular complexity index is 960. The molecule has 2 aromatic rings.